The molecule has 0 fully saturated rings. The summed E-state index contributed by atoms with van der Waals surface area (Å²) in [4.78, 5) is 64.7. The van der Waals surface area contributed by atoms with Gasteiger partial charge in [-0.1, -0.05) is 0 Å². The summed E-state index contributed by atoms with van der Waals surface area (Å²) in [5.74, 6) is 0. The van der Waals surface area contributed by atoms with Gasteiger partial charge in [0.2, 0.25) is 0 Å². The average Bonchev–Trinajstić information content (AvgIpc) is 1.41. The average molecular weight is 631 g/mol. The molecule has 0 aliphatic carbocycles. The van der Waals surface area contributed by atoms with Crippen molar-refractivity contribution in [2.45, 2.75) is 0 Å². The molecule has 23 heteroatoms. The SMILES string of the molecule is O=P(O)(O)O.O=P(O)(O)O.O=P(O)(O)O.[Ca+2].[Ca+2].[Ca+2].[Ca+2].[Ca+2].[Ca+2].[Ca+2].[Ca+2].[H-].[H-].[H-].[H-].[H-].[H-].[H-].[H-].[H-].[H-].[H-].[H-].[H-].[H-].[H-].[H-]. The second-order valence-electron chi connectivity index (χ2n) is 1.54. The van der Waals surface area contributed by atoms with Crippen LogP contribution in [0.5, 0.6) is 0 Å². The van der Waals surface area contributed by atoms with E-state index < -0.39 is 23.5 Å². The monoisotopic (exact) mass is 630 g/mol. The maximum atomic E-state index is 8.88. The topological polar surface area (TPSA) is 233 Å². The minimum atomic E-state index is -4.64. The Balaban J connectivity index is -0.00000000169. The molecule has 0 bridgehead atoms. The molecule has 0 saturated heterocycles. The second kappa shape index (κ2) is 39.6. The maximum absolute atomic E-state index is 8.88. The maximum Gasteiger partial charge on any atom is 2.00 e. The van der Waals surface area contributed by atoms with E-state index in [2.05, 4.69) is 0 Å². The van der Waals surface area contributed by atoms with E-state index in [0.717, 1.165) is 0 Å². The van der Waals surface area contributed by atoms with Crippen molar-refractivity contribution in [2.24, 2.45) is 0 Å². The van der Waals surface area contributed by atoms with Gasteiger partial charge in [-0.05, 0) is 0 Å². The van der Waals surface area contributed by atoms with Gasteiger partial charge >= 0.3 is 325 Å². The van der Waals surface area contributed by atoms with Crippen molar-refractivity contribution < 1.29 is 80.6 Å². The quantitative estimate of drug-likeness (QED) is 0.0920. The summed E-state index contributed by atoms with van der Waals surface area (Å²) in [6, 6.07) is 0. The van der Waals surface area contributed by atoms with E-state index >= 15 is 0 Å². The van der Waals surface area contributed by atoms with E-state index in [1.165, 1.54) is 0 Å². The molecule has 0 spiro atoms. The molecule has 0 heterocycles. The number of hydrogen-bond acceptors (Lipinski definition) is 3. The molecule has 0 aliphatic rings. The van der Waals surface area contributed by atoms with Gasteiger partial charge < -0.3 is 66.9 Å². The molecule has 0 radical (unpaired) electrons. The van der Waals surface area contributed by atoms with Crippen LogP contribution in [0.2, 0.25) is 0 Å². The molecule has 23 heavy (non-hydrogen) atoms. The first-order valence-corrected chi connectivity index (χ1v) is 7.04. The Bertz CT molecular complexity index is 256. The molecule has 0 aromatic carbocycles. The van der Waals surface area contributed by atoms with Gasteiger partial charge in [-0.3, -0.25) is 0 Å². The molecular weight excluding hydrogens is 606 g/mol. The van der Waals surface area contributed by atoms with Crippen LogP contribution in [-0.4, -0.2) is 346 Å². The molecule has 0 aromatic rings. The molecular formula is H25Ca8O12P3. The first-order valence-electron chi connectivity index (χ1n) is 2.35. The molecule has 0 aromatic heterocycles. The standard InChI is InChI=1S/8Ca.3H3O4P.16H/c;;;;;;;;3*1-5(2,3)4;;;;;;;;;;;;;;;;/h;;;;;;;;3*(H3,1,2,3,4);;;;;;;;;;;;;;;;/q8*+2;;;;16*-1. The van der Waals surface area contributed by atoms with Crippen LogP contribution in [0.3, 0.4) is 0 Å². The second-order valence-corrected chi connectivity index (χ2v) is 4.62. The summed E-state index contributed by atoms with van der Waals surface area (Å²) in [5.41, 5.74) is 0. The summed E-state index contributed by atoms with van der Waals surface area (Å²) in [6.07, 6.45) is 0. The van der Waals surface area contributed by atoms with Crippen molar-refractivity contribution in [3.05, 3.63) is 0 Å². The van der Waals surface area contributed by atoms with Crippen molar-refractivity contribution in [1.82, 2.24) is 0 Å². The van der Waals surface area contributed by atoms with Crippen LogP contribution in [0, 0.1) is 0 Å². The third-order valence-electron chi connectivity index (χ3n) is 0. The minimum Gasteiger partial charge on any atom is -1.00 e. The van der Waals surface area contributed by atoms with Crippen LogP contribution in [0.15, 0.2) is 0 Å². The summed E-state index contributed by atoms with van der Waals surface area (Å²) in [6.45, 7) is 0. The predicted molar refractivity (Wildman–Crippen MR) is 107 cm³/mol. The van der Waals surface area contributed by atoms with Gasteiger partial charge in [0, 0.05) is 0 Å². The normalized spacial score (nSPS) is 7.70. The number of phosphoric acid groups is 3. The van der Waals surface area contributed by atoms with Crippen LogP contribution in [-0.2, 0) is 13.7 Å². The van der Waals surface area contributed by atoms with Gasteiger partial charge in [0.25, 0.3) is 0 Å². The van der Waals surface area contributed by atoms with Gasteiger partial charge in [0.05, 0.1) is 0 Å². The van der Waals surface area contributed by atoms with Crippen LogP contribution in [0.25, 0.3) is 0 Å². The van der Waals surface area contributed by atoms with Gasteiger partial charge in [0.1, 0.15) is 0 Å². The van der Waals surface area contributed by atoms with E-state index in [-0.39, 0.29) is 325 Å². The van der Waals surface area contributed by atoms with Crippen LogP contribution >= 0.6 is 23.5 Å². The first-order chi connectivity index (χ1) is 6.00. The number of rotatable bonds is 0. The minimum absolute atomic E-state index is 0. The van der Waals surface area contributed by atoms with Gasteiger partial charge in [-0.25, -0.2) is 13.7 Å². The van der Waals surface area contributed by atoms with E-state index in [9.17, 15) is 0 Å². The summed E-state index contributed by atoms with van der Waals surface area (Å²) in [5, 5.41) is 0. The molecule has 0 saturated carbocycles. The Labute approximate surface area is 395 Å². The van der Waals surface area contributed by atoms with Gasteiger partial charge in [-0.15, -0.1) is 0 Å². The fraction of sp³-hybridized carbons (Fsp3) is 0. The van der Waals surface area contributed by atoms with E-state index in [4.69, 9.17) is 57.7 Å². The fourth-order valence-corrected chi connectivity index (χ4v) is 0. The molecule has 0 unspecified atom stereocenters. The summed E-state index contributed by atoms with van der Waals surface area (Å²) < 4.78 is 26.6. The van der Waals surface area contributed by atoms with Crippen molar-refractivity contribution in [3.63, 3.8) is 0 Å². The molecule has 12 nitrogen and oxygen atoms in total. The van der Waals surface area contributed by atoms with E-state index in [0.29, 0.717) is 0 Å². The Kier molecular flexibility index (Phi) is 120. The third-order valence-corrected chi connectivity index (χ3v) is 0. The van der Waals surface area contributed by atoms with Crippen molar-refractivity contribution in [2.75, 3.05) is 0 Å². The fourth-order valence-electron chi connectivity index (χ4n) is 0. The predicted octanol–water partition coefficient (Wildman–Crippen LogP) is -4.03. The van der Waals surface area contributed by atoms with Crippen LogP contribution in [0.1, 0.15) is 22.8 Å². The van der Waals surface area contributed by atoms with Crippen molar-refractivity contribution >= 4 is 325 Å². The van der Waals surface area contributed by atoms with Crippen molar-refractivity contribution in [3.8, 4) is 0 Å². The Hall–Kier alpha value is 10.4. The summed E-state index contributed by atoms with van der Waals surface area (Å²) >= 11 is 0. The summed E-state index contributed by atoms with van der Waals surface area (Å²) in [7, 11) is -13.9. The van der Waals surface area contributed by atoms with Crippen LogP contribution in [0.4, 0.5) is 0 Å². The Morgan fingerprint density at radius 2 is 0.348 bits per heavy atom. The van der Waals surface area contributed by atoms with E-state index in [1.807, 2.05) is 0 Å². The Morgan fingerprint density at radius 3 is 0.348 bits per heavy atom. The zero-order valence-electron chi connectivity index (χ0n) is 28.2. The molecule has 0 aliphatic heterocycles. The molecule has 0 amide bonds. The molecule has 128 valence electrons. The zero-order chi connectivity index (χ0) is 13.5. The molecule has 0 atom stereocenters. The molecule has 9 N–H and O–H groups in total. The molecule has 0 rings (SSSR count). The Morgan fingerprint density at radius 1 is 0.348 bits per heavy atom. The van der Waals surface area contributed by atoms with Crippen molar-refractivity contribution in [1.29, 1.82) is 0 Å². The van der Waals surface area contributed by atoms with Gasteiger partial charge in [0.15, 0.2) is 0 Å². The zero-order valence-corrected chi connectivity index (χ0v) is 32.6. The number of hydrogen-bond donors (Lipinski definition) is 9. The van der Waals surface area contributed by atoms with Crippen LogP contribution < -0.4 is 0 Å². The third kappa shape index (κ3) is 277. The largest absolute Gasteiger partial charge is 2.00 e. The van der Waals surface area contributed by atoms with E-state index in [1.54, 1.807) is 0 Å². The first kappa shape index (κ1) is 69.9. The smallest absolute Gasteiger partial charge is 1.00 e. The van der Waals surface area contributed by atoms with Gasteiger partial charge in [-0.2, -0.15) is 0 Å².